The Morgan fingerprint density at radius 1 is 1.45 bits per heavy atom. The zero-order chi connectivity index (χ0) is 15.5. The van der Waals surface area contributed by atoms with Gasteiger partial charge in [0.25, 0.3) is 0 Å². The van der Waals surface area contributed by atoms with Crippen LogP contribution in [0.3, 0.4) is 0 Å². The summed E-state index contributed by atoms with van der Waals surface area (Å²) in [6.45, 7) is 6.71. The molecule has 1 aromatic rings. The Labute approximate surface area is 137 Å². The zero-order valence-corrected chi connectivity index (χ0v) is 13.8. The molecule has 0 saturated carbocycles. The van der Waals surface area contributed by atoms with Gasteiger partial charge in [-0.3, -0.25) is 4.79 Å². The van der Waals surface area contributed by atoms with E-state index in [1.165, 1.54) is 11.3 Å². The monoisotopic (exact) mass is 321 g/mol. The van der Waals surface area contributed by atoms with Gasteiger partial charge in [0.2, 0.25) is 5.91 Å². The average molecular weight is 322 g/mol. The van der Waals surface area contributed by atoms with Crippen LogP contribution < -0.4 is 15.5 Å². The highest BCUT2D eigenvalue weighted by Crippen LogP contribution is 2.29. The lowest BCUT2D eigenvalue weighted by atomic mass is 10.1. The van der Waals surface area contributed by atoms with E-state index >= 15 is 0 Å². The first-order chi connectivity index (χ1) is 10.6. The molecule has 0 aliphatic carbocycles. The van der Waals surface area contributed by atoms with Crippen molar-refractivity contribution in [3.05, 3.63) is 28.8 Å². The van der Waals surface area contributed by atoms with Crippen LogP contribution in [0.1, 0.15) is 18.4 Å². The van der Waals surface area contributed by atoms with Crippen molar-refractivity contribution in [1.82, 2.24) is 10.6 Å². The van der Waals surface area contributed by atoms with Crippen LogP contribution in [-0.4, -0.2) is 38.6 Å². The summed E-state index contributed by atoms with van der Waals surface area (Å²) in [6, 6.07) is 6.05. The maximum absolute atomic E-state index is 12.1. The Morgan fingerprint density at radius 2 is 2.32 bits per heavy atom. The summed E-state index contributed by atoms with van der Waals surface area (Å²) in [4.78, 5) is 14.5. The van der Waals surface area contributed by atoms with Gasteiger partial charge < -0.3 is 15.5 Å². The summed E-state index contributed by atoms with van der Waals surface area (Å²) in [5.74, 6) is 0.895. The molecule has 2 fully saturated rings. The molecule has 0 aromatic heterocycles. The maximum Gasteiger partial charge on any atom is 0.224 e. The molecule has 4 nitrogen and oxygen atoms in total. The Balaban J connectivity index is 1.51. The average Bonchev–Trinajstić information content (AvgIpc) is 3.18. The molecule has 0 radical (unpaired) electrons. The van der Waals surface area contributed by atoms with Crippen LogP contribution in [0.2, 0.25) is 5.02 Å². The van der Waals surface area contributed by atoms with Crippen molar-refractivity contribution in [2.75, 3.05) is 37.6 Å². The van der Waals surface area contributed by atoms with E-state index in [0.717, 1.165) is 50.6 Å². The first-order valence-corrected chi connectivity index (χ1v) is 8.51. The molecule has 0 bridgehead atoms. The van der Waals surface area contributed by atoms with Crippen LogP contribution in [0.15, 0.2) is 18.2 Å². The van der Waals surface area contributed by atoms with Gasteiger partial charge in [-0.1, -0.05) is 17.7 Å². The molecular weight excluding hydrogens is 298 g/mol. The van der Waals surface area contributed by atoms with E-state index in [0.29, 0.717) is 5.92 Å². The molecule has 2 unspecified atom stereocenters. The molecule has 1 aromatic carbocycles. The number of anilines is 1. The van der Waals surface area contributed by atoms with Crippen molar-refractivity contribution in [1.29, 1.82) is 0 Å². The predicted molar refractivity (Wildman–Crippen MR) is 90.5 cm³/mol. The number of hydrogen-bond acceptors (Lipinski definition) is 3. The lowest BCUT2D eigenvalue weighted by Crippen LogP contribution is -2.36. The van der Waals surface area contributed by atoms with Crippen LogP contribution in [0.4, 0.5) is 5.69 Å². The van der Waals surface area contributed by atoms with E-state index in [1.807, 2.05) is 12.1 Å². The molecule has 1 amide bonds. The third-order valence-corrected chi connectivity index (χ3v) is 5.03. The molecule has 2 atom stereocenters. The Bertz CT molecular complexity index is 543. The quantitative estimate of drug-likeness (QED) is 0.893. The van der Waals surface area contributed by atoms with Crippen molar-refractivity contribution in [3.8, 4) is 0 Å². The first-order valence-electron chi connectivity index (χ1n) is 8.13. The Kier molecular flexibility index (Phi) is 4.89. The van der Waals surface area contributed by atoms with Crippen molar-refractivity contribution < 1.29 is 4.79 Å². The number of aryl methyl sites for hydroxylation is 1. The molecule has 0 spiro atoms. The SMILES string of the molecule is Cc1ccc(Cl)cc1N1CCC(CNC(=O)C2CCNC2)C1. The largest absolute Gasteiger partial charge is 0.371 e. The molecule has 2 saturated heterocycles. The lowest BCUT2D eigenvalue weighted by molar-refractivity contribution is -0.124. The molecular formula is C17H24ClN3O. The summed E-state index contributed by atoms with van der Waals surface area (Å²) in [5.41, 5.74) is 2.48. The highest BCUT2D eigenvalue weighted by atomic mass is 35.5. The number of nitrogens with one attached hydrogen (secondary N) is 2. The smallest absolute Gasteiger partial charge is 0.224 e. The number of hydrogen-bond donors (Lipinski definition) is 2. The third kappa shape index (κ3) is 3.55. The lowest BCUT2D eigenvalue weighted by Gasteiger charge is -2.21. The highest BCUT2D eigenvalue weighted by Gasteiger charge is 2.26. The van der Waals surface area contributed by atoms with E-state index < -0.39 is 0 Å². The molecule has 2 heterocycles. The standard InChI is InChI=1S/C17H24ClN3O/c1-12-2-3-15(18)8-16(12)21-7-5-13(11-21)9-20-17(22)14-4-6-19-10-14/h2-3,8,13-14,19H,4-7,9-11H2,1H3,(H,20,22). The minimum absolute atomic E-state index is 0.160. The molecule has 22 heavy (non-hydrogen) atoms. The summed E-state index contributed by atoms with van der Waals surface area (Å²) in [7, 11) is 0. The van der Waals surface area contributed by atoms with Gasteiger partial charge in [0, 0.05) is 36.9 Å². The van der Waals surface area contributed by atoms with Gasteiger partial charge in [0.05, 0.1) is 5.92 Å². The van der Waals surface area contributed by atoms with Crippen molar-refractivity contribution >= 4 is 23.2 Å². The van der Waals surface area contributed by atoms with Gasteiger partial charge in [-0.05, 0) is 49.9 Å². The number of carbonyl (C=O) groups excluding carboxylic acids is 1. The number of carbonyl (C=O) groups is 1. The fourth-order valence-corrected chi connectivity index (χ4v) is 3.58. The second-order valence-electron chi connectivity index (χ2n) is 6.47. The van der Waals surface area contributed by atoms with E-state index in [1.54, 1.807) is 0 Å². The second-order valence-corrected chi connectivity index (χ2v) is 6.90. The highest BCUT2D eigenvalue weighted by molar-refractivity contribution is 6.30. The minimum Gasteiger partial charge on any atom is -0.371 e. The fraction of sp³-hybridized carbons (Fsp3) is 0.588. The van der Waals surface area contributed by atoms with Crippen molar-refractivity contribution in [2.24, 2.45) is 11.8 Å². The van der Waals surface area contributed by atoms with Gasteiger partial charge in [0.1, 0.15) is 0 Å². The second kappa shape index (κ2) is 6.88. The van der Waals surface area contributed by atoms with Crippen LogP contribution in [0.5, 0.6) is 0 Å². The summed E-state index contributed by atoms with van der Waals surface area (Å²) >= 11 is 6.12. The van der Waals surface area contributed by atoms with Gasteiger partial charge in [0.15, 0.2) is 0 Å². The minimum atomic E-state index is 0.160. The summed E-state index contributed by atoms with van der Waals surface area (Å²) < 4.78 is 0. The Morgan fingerprint density at radius 3 is 3.09 bits per heavy atom. The van der Waals surface area contributed by atoms with Crippen LogP contribution >= 0.6 is 11.6 Å². The topological polar surface area (TPSA) is 44.4 Å². The predicted octanol–water partition coefficient (Wildman–Crippen LogP) is 2.20. The number of rotatable bonds is 4. The van der Waals surface area contributed by atoms with Crippen LogP contribution in [0, 0.1) is 18.8 Å². The normalized spacial score (nSPS) is 24.7. The summed E-state index contributed by atoms with van der Waals surface area (Å²) in [6.07, 6.45) is 2.08. The number of amides is 1. The molecule has 2 N–H and O–H groups in total. The number of nitrogens with zero attached hydrogens (tertiary/aromatic N) is 1. The number of halogens is 1. The number of benzene rings is 1. The van der Waals surface area contributed by atoms with Crippen molar-refractivity contribution in [2.45, 2.75) is 19.8 Å². The zero-order valence-electron chi connectivity index (χ0n) is 13.1. The molecule has 2 aliphatic rings. The molecule has 5 heteroatoms. The third-order valence-electron chi connectivity index (χ3n) is 4.79. The van der Waals surface area contributed by atoms with E-state index in [-0.39, 0.29) is 11.8 Å². The molecule has 120 valence electrons. The summed E-state index contributed by atoms with van der Waals surface area (Å²) in [5, 5.41) is 7.16. The van der Waals surface area contributed by atoms with E-state index in [4.69, 9.17) is 11.6 Å². The van der Waals surface area contributed by atoms with Gasteiger partial charge in [-0.25, -0.2) is 0 Å². The van der Waals surface area contributed by atoms with E-state index in [9.17, 15) is 4.79 Å². The fourth-order valence-electron chi connectivity index (χ4n) is 3.41. The van der Waals surface area contributed by atoms with Crippen molar-refractivity contribution in [3.63, 3.8) is 0 Å². The van der Waals surface area contributed by atoms with Gasteiger partial charge in [-0.2, -0.15) is 0 Å². The molecule has 3 rings (SSSR count). The van der Waals surface area contributed by atoms with Crippen LogP contribution in [0.25, 0.3) is 0 Å². The van der Waals surface area contributed by atoms with Gasteiger partial charge >= 0.3 is 0 Å². The molecule has 2 aliphatic heterocycles. The van der Waals surface area contributed by atoms with Crippen LogP contribution in [-0.2, 0) is 4.79 Å². The Hall–Kier alpha value is -1.26. The maximum atomic E-state index is 12.1. The van der Waals surface area contributed by atoms with E-state index in [2.05, 4.69) is 28.5 Å². The first kappa shape index (κ1) is 15.6. The van der Waals surface area contributed by atoms with Gasteiger partial charge in [-0.15, -0.1) is 0 Å².